The zero-order valence-corrected chi connectivity index (χ0v) is 9.43. The normalized spacial score (nSPS) is 20.4. The molecule has 0 fully saturated rings. The van der Waals surface area contributed by atoms with Gasteiger partial charge >= 0.3 is 0 Å². The molecule has 0 bridgehead atoms. The van der Waals surface area contributed by atoms with E-state index in [1.54, 1.807) is 0 Å². The number of rotatable bonds is 1. The lowest BCUT2D eigenvalue weighted by atomic mass is 9.86. The third kappa shape index (κ3) is 1.88. The van der Waals surface area contributed by atoms with E-state index in [9.17, 15) is 0 Å². The van der Waals surface area contributed by atoms with Crippen molar-refractivity contribution in [2.24, 2.45) is 11.8 Å². The van der Waals surface area contributed by atoms with E-state index in [0.717, 1.165) is 23.4 Å². The molecule has 1 N–H and O–H groups in total. The maximum absolute atomic E-state index is 5.94. The van der Waals surface area contributed by atoms with Crippen LogP contribution < -0.4 is 5.32 Å². The van der Waals surface area contributed by atoms with E-state index in [1.165, 1.54) is 17.7 Å². The second-order valence-corrected chi connectivity index (χ2v) is 4.83. The molecule has 1 heterocycles. The first kappa shape index (κ1) is 9.85. The molecule has 1 aliphatic heterocycles. The van der Waals surface area contributed by atoms with Gasteiger partial charge in [-0.15, -0.1) is 0 Å². The summed E-state index contributed by atoms with van der Waals surface area (Å²) < 4.78 is 0. The number of hydrogen-bond donors (Lipinski definition) is 1. The SMILES string of the molecule is CC(C)C1CNc2cc(Cl)ccc2C1. The van der Waals surface area contributed by atoms with Gasteiger partial charge in [0.15, 0.2) is 0 Å². The maximum atomic E-state index is 5.94. The highest BCUT2D eigenvalue weighted by Crippen LogP contribution is 2.30. The molecule has 1 aromatic carbocycles. The molecule has 0 amide bonds. The first-order chi connectivity index (χ1) is 6.66. The van der Waals surface area contributed by atoms with Crippen LogP contribution in [0.3, 0.4) is 0 Å². The lowest BCUT2D eigenvalue weighted by Gasteiger charge is -2.28. The van der Waals surface area contributed by atoms with Gasteiger partial charge in [-0.2, -0.15) is 0 Å². The molecule has 1 atom stereocenters. The molecule has 1 unspecified atom stereocenters. The number of fused-ring (bicyclic) bond motifs is 1. The highest BCUT2D eigenvalue weighted by molar-refractivity contribution is 6.30. The summed E-state index contributed by atoms with van der Waals surface area (Å²) in [6, 6.07) is 6.14. The summed E-state index contributed by atoms with van der Waals surface area (Å²) in [6.07, 6.45) is 1.18. The molecule has 0 spiro atoms. The van der Waals surface area contributed by atoms with E-state index in [2.05, 4.69) is 25.2 Å². The zero-order valence-electron chi connectivity index (χ0n) is 8.68. The van der Waals surface area contributed by atoms with Gasteiger partial charge in [-0.3, -0.25) is 0 Å². The minimum Gasteiger partial charge on any atom is -0.384 e. The fraction of sp³-hybridized carbons (Fsp3) is 0.500. The van der Waals surface area contributed by atoms with Gasteiger partial charge < -0.3 is 5.32 Å². The van der Waals surface area contributed by atoms with Crippen molar-refractivity contribution in [1.29, 1.82) is 0 Å². The van der Waals surface area contributed by atoms with Crippen LogP contribution in [-0.2, 0) is 6.42 Å². The van der Waals surface area contributed by atoms with Crippen LogP contribution in [0.15, 0.2) is 18.2 Å². The topological polar surface area (TPSA) is 12.0 Å². The molecule has 1 nitrogen and oxygen atoms in total. The monoisotopic (exact) mass is 209 g/mol. The Kier molecular flexibility index (Phi) is 2.69. The quantitative estimate of drug-likeness (QED) is 0.746. The molecule has 0 aromatic heterocycles. The second kappa shape index (κ2) is 3.82. The fourth-order valence-electron chi connectivity index (χ4n) is 1.96. The molecule has 2 heteroatoms. The van der Waals surface area contributed by atoms with Gasteiger partial charge in [0, 0.05) is 17.3 Å². The van der Waals surface area contributed by atoms with E-state index >= 15 is 0 Å². The van der Waals surface area contributed by atoms with E-state index < -0.39 is 0 Å². The van der Waals surface area contributed by atoms with Crippen LogP contribution in [0, 0.1) is 11.8 Å². The number of halogens is 1. The number of benzene rings is 1. The molecule has 14 heavy (non-hydrogen) atoms. The first-order valence-electron chi connectivity index (χ1n) is 5.19. The summed E-state index contributed by atoms with van der Waals surface area (Å²) in [7, 11) is 0. The van der Waals surface area contributed by atoms with Gasteiger partial charge in [0.1, 0.15) is 0 Å². The Labute approximate surface area is 90.5 Å². The Hall–Kier alpha value is -0.690. The Bertz CT molecular complexity index is 333. The minimum atomic E-state index is 0.742. The minimum absolute atomic E-state index is 0.742. The van der Waals surface area contributed by atoms with Gasteiger partial charge in [0.05, 0.1) is 0 Å². The van der Waals surface area contributed by atoms with Gasteiger partial charge in [-0.25, -0.2) is 0 Å². The van der Waals surface area contributed by atoms with Crippen LogP contribution in [0.2, 0.25) is 5.02 Å². The van der Waals surface area contributed by atoms with Crippen molar-refractivity contribution in [3.05, 3.63) is 28.8 Å². The Morgan fingerprint density at radius 3 is 2.93 bits per heavy atom. The van der Waals surface area contributed by atoms with Crippen LogP contribution >= 0.6 is 11.6 Å². The smallest absolute Gasteiger partial charge is 0.0426 e. The summed E-state index contributed by atoms with van der Waals surface area (Å²) in [5, 5.41) is 4.27. The third-order valence-electron chi connectivity index (χ3n) is 3.05. The number of nitrogens with one attached hydrogen (secondary N) is 1. The summed E-state index contributed by atoms with van der Waals surface area (Å²) in [5.74, 6) is 1.50. The van der Waals surface area contributed by atoms with Crippen molar-refractivity contribution in [3.63, 3.8) is 0 Å². The maximum Gasteiger partial charge on any atom is 0.0426 e. The Morgan fingerprint density at radius 2 is 2.21 bits per heavy atom. The predicted molar refractivity (Wildman–Crippen MR) is 62.0 cm³/mol. The van der Waals surface area contributed by atoms with Gasteiger partial charge in [-0.05, 0) is 36.0 Å². The van der Waals surface area contributed by atoms with E-state index in [4.69, 9.17) is 11.6 Å². The van der Waals surface area contributed by atoms with Gasteiger partial charge in [-0.1, -0.05) is 31.5 Å². The van der Waals surface area contributed by atoms with Crippen LogP contribution in [0.4, 0.5) is 5.69 Å². The summed E-state index contributed by atoms with van der Waals surface area (Å²) >= 11 is 5.94. The van der Waals surface area contributed by atoms with Gasteiger partial charge in [0.2, 0.25) is 0 Å². The molecule has 2 rings (SSSR count). The van der Waals surface area contributed by atoms with Crippen LogP contribution in [0.1, 0.15) is 19.4 Å². The van der Waals surface area contributed by atoms with Crippen molar-refractivity contribution < 1.29 is 0 Å². The Balaban J connectivity index is 2.23. The molecule has 1 aliphatic rings. The van der Waals surface area contributed by atoms with Crippen LogP contribution in [0.5, 0.6) is 0 Å². The van der Waals surface area contributed by atoms with Gasteiger partial charge in [0.25, 0.3) is 0 Å². The molecule has 76 valence electrons. The van der Waals surface area contributed by atoms with Crippen molar-refractivity contribution in [2.75, 3.05) is 11.9 Å². The third-order valence-corrected chi connectivity index (χ3v) is 3.29. The lowest BCUT2D eigenvalue weighted by molar-refractivity contribution is 0.394. The second-order valence-electron chi connectivity index (χ2n) is 4.39. The highest BCUT2D eigenvalue weighted by Gasteiger charge is 2.20. The van der Waals surface area contributed by atoms with Crippen molar-refractivity contribution in [3.8, 4) is 0 Å². The zero-order chi connectivity index (χ0) is 10.1. The van der Waals surface area contributed by atoms with Crippen LogP contribution in [-0.4, -0.2) is 6.54 Å². The lowest BCUT2D eigenvalue weighted by Crippen LogP contribution is -2.26. The summed E-state index contributed by atoms with van der Waals surface area (Å²) in [6.45, 7) is 5.64. The molecule has 1 aromatic rings. The molecular weight excluding hydrogens is 194 g/mol. The summed E-state index contributed by atoms with van der Waals surface area (Å²) in [4.78, 5) is 0. The first-order valence-corrected chi connectivity index (χ1v) is 5.57. The van der Waals surface area contributed by atoms with Crippen molar-refractivity contribution in [2.45, 2.75) is 20.3 Å². The van der Waals surface area contributed by atoms with E-state index in [1.807, 2.05) is 12.1 Å². The fourth-order valence-corrected chi connectivity index (χ4v) is 2.13. The molecule has 0 aliphatic carbocycles. The van der Waals surface area contributed by atoms with E-state index in [0.29, 0.717) is 0 Å². The molecular formula is C12H16ClN. The Morgan fingerprint density at radius 1 is 1.43 bits per heavy atom. The number of anilines is 1. The summed E-state index contributed by atoms with van der Waals surface area (Å²) in [5.41, 5.74) is 2.62. The average molecular weight is 210 g/mol. The number of hydrogen-bond acceptors (Lipinski definition) is 1. The van der Waals surface area contributed by atoms with Crippen LogP contribution in [0.25, 0.3) is 0 Å². The van der Waals surface area contributed by atoms with Crippen molar-refractivity contribution >= 4 is 17.3 Å². The van der Waals surface area contributed by atoms with Crippen molar-refractivity contribution in [1.82, 2.24) is 0 Å². The molecule has 0 saturated carbocycles. The molecule has 0 radical (unpaired) electrons. The molecule has 0 saturated heterocycles. The predicted octanol–water partition coefficient (Wildman–Crippen LogP) is 3.58. The highest BCUT2D eigenvalue weighted by atomic mass is 35.5. The standard InChI is InChI=1S/C12H16ClN/c1-8(2)10-5-9-3-4-11(13)6-12(9)14-7-10/h3-4,6,8,10,14H,5,7H2,1-2H3. The van der Waals surface area contributed by atoms with E-state index in [-0.39, 0.29) is 0 Å². The largest absolute Gasteiger partial charge is 0.384 e. The average Bonchev–Trinajstić information content (AvgIpc) is 2.16.